The minimum atomic E-state index is 0.477. The summed E-state index contributed by atoms with van der Waals surface area (Å²) in [6.45, 7) is 3.41. The molecule has 0 spiro atoms. The average Bonchev–Trinajstić information content (AvgIpc) is 2.04. The summed E-state index contributed by atoms with van der Waals surface area (Å²) in [5, 5.41) is 0. The molecule has 2 rings (SSSR count). The molecule has 2 aliphatic rings. The Morgan fingerprint density at radius 3 is 3.00 bits per heavy atom. The van der Waals surface area contributed by atoms with E-state index in [1.807, 2.05) is 0 Å². The maximum Gasteiger partial charge on any atom is 0.136 e. The summed E-state index contributed by atoms with van der Waals surface area (Å²) in [7, 11) is 0. The highest BCUT2D eigenvalue weighted by molar-refractivity contribution is 5.80. The molecule has 2 aliphatic heterocycles. The van der Waals surface area contributed by atoms with Gasteiger partial charge in [-0.05, 0) is 26.3 Å². The van der Waals surface area contributed by atoms with Crippen LogP contribution in [-0.4, -0.2) is 29.3 Å². The van der Waals surface area contributed by atoms with Gasteiger partial charge in [-0.15, -0.1) is 0 Å². The number of rotatable bonds is 0. The highest BCUT2D eigenvalue weighted by atomic mass is 16.1. The Labute approximate surface area is 73.9 Å². The van der Waals surface area contributed by atoms with E-state index in [4.69, 9.17) is 0 Å². The number of carbonyl (C=O) groups excluding carboxylic acids is 1. The molecule has 2 fully saturated rings. The van der Waals surface area contributed by atoms with Crippen molar-refractivity contribution in [2.24, 2.45) is 0 Å². The average molecular weight is 167 g/mol. The van der Waals surface area contributed by atoms with Gasteiger partial charge in [0.1, 0.15) is 5.78 Å². The van der Waals surface area contributed by atoms with Crippen LogP contribution >= 0.6 is 0 Å². The lowest BCUT2D eigenvalue weighted by Crippen LogP contribution is -2.50. The van der Waals surface area contributed by atoms with E-state index in [0.717, 1.165) is 12.8 Å². The number of hydrogen-bond donors (Lipinski definition) is 0. The van der Waals surface area contributed by atoms with Crippen LogP contribution < -0.4 is 0 Å². The molecule has 2 heterocycles. The number of carbonyl (C=O) groups is 1. The molecule has 0 aliphatic carbocycles. The maximum absolute atomic E-state index is 11.3. The van der Waals surface area contributed by atoms with Gasteiger partial charge in [0.05, 0.1) is 0 Å². The van der Waals surface area contributed by atoms with Crippen molar-refractivity contribution >= 4 is 5.78 Å². The third-order valence-corrected chi connectivity index (χ3v) is 3.23. The van der Waals surface area contributed by atoms with Crippen molar-refractivity contribution in [3.05, 3.63) is 0 Å². The van der Waals surface area contributed by atoms with E-state index in [9.17, 15) is 4.79 Å². The fraction of sp³-hybridized carbons (Fsp3) is 0.900. The highest BCUT2D eigenvalue weighted by Crippen LogP contribution is 2.27. The first-order chi connectivity index (χ1) is 5.77. The van der Waals surface area contributed by atoms with Gasteiger partial charge in [-0.3, -0.25) is 9.69 Å². The Balaban J connectivity index is 2.06. The largest absolute Gasteiger partial charge is 0.300 e. The molecule has 0 N–H and O–H groups in total. The number of hydrogen-bond acceptors (Lipinski definition) is 2. The monoisotopic (exact) mass is 167 g/mol. The standard InChI is InChI=1S/C10H17NO/c1-8-6-10(12)7-9-4-2-3-5-11(8)9/h8-9H,2-7H2,1H3/t8-,9+/m1/s1. The van der Waals surface area contributed by atoms with Gasteiger partial charge < -0.3 is 0 Å². The van der Waals surface area contributed by atoms with E-state index in [2.05, 4.69) is 11.8 Å². The van der Waals surface area contributed by atoms with Crippen LogP contribution in [0.1, 0.15) is 39.0 Å². The Hall–Kier alpha value is -0.370. The summed E-state index contributed by atoms with van der Waals surface area (Å²) >= 11 is 0. The van der Waals surface area contributed by atoms with Crippen LogP contribution in [0.3, 0.4) is 0 Å². The number of piperidine rings is 2. The minimum Gasteiger partial charge on any atom is -0.300 e. The van der Waals surface area contributed by atoms with Gasteiger partial charge in [0.15, 0.2) is 0 Å². The zero-order valence-corrected chi connectivity index (χ0v) is 7.75. The van der Waals surface area contributed by atoms with Crippen molar-refractivity contribution in [2.75, 3.05) is 6.54 Å². The summed E-state index contributed by atoms with van der Waals surface area (Å²) in [5.41, 5.74) is 0. The molecule has 0 radical (unpaired) electrons. The van der Waals surface area contributed by atoms with Crippen LogP contribution in [0.15, 0.2) is 0 Å². The van der Waals surface area contributed by atoms with Crippen LogP contribution in [0.25, 0.3) is 0 Å². The van der Waals surface area contributed by atoms with Crippen LogP contribution in [0, 0.1) is 0 Å². The number of ketones is 1. The van der Waals surface area contributed by atoms with Gasteiger partial charge in [0.25, 0.3) is 0 Å². The fourth-order valence-corrected chi connectivity index (χ4v) is 2.62. The fourth-order valence-electron chi connectivity index (χ4n) is 2.62. The summed E-state index contributed by atoms with van der Waals surface area (Å²) in [5.74, 6) is 0.477. The van der Waals surface area contributed by atoms with E-state index in [0.29, 0.717) is 17.9 Å². The number of nitrogens with zero attached hydrogens (tertiary/aromatic N) is 1. The molecule has 0 amide bonds. The molecular weight excluding hydrogens is 150 g/mol. The lowest BCUT2D eigenvalue weighted by Gasteiger charge is -2.42. The first kappa shape index (κ1) is 8.24. The van der Waals surface area contributed by atoms with Crippen molar-refractivity contribution in [1.29, 1.82) is 0 Å². The lowest BCUT2D eigenvalue weighted by atomic mass is 9.89. The smallest absolute Gasteiger partial charge is 0.136 e. The van der Waals surface area contributed by atoms with Gasteiger partial charge in [0.2, 0.25) is 0 Å². The molecule has 68 valence electrons. The zero-order valence-electron chi connectivity index (χ0n) is 7.75. The molecule has 2 atom stereocenters. The number of fused-ring (bicyclic) bond motifs is 1. The Morgan fingerprint density at radius 2 is 2.17 bits per heavy atom. The second-order valence-electron chi connectivity index (χ2n) is 4.18. The molecule has 0 aromatic heterocycles. The topological polar surface area (TPSA) is 20.3 Å². The predicted octanol–water partition coefficient (Wildman–Crippen LogP) is 1.59. The first-order valence-corrected chi connectivity index (χ1v) is 5.05. The van der Waals surface area contributed by atoms with Gasteiger partial charge in [0, 0.05) is 24.9 Å². The van der Waals surface area contributed by atoms with Crippen molar-refractivity contribution in [1.82, 2.24) is 4.90 Å². The SMILES string of the molecule is C[C@@H]1CC(=O)C[C@@H]2CCCCN21. The maximum atomic E-state index is 11.3. The van der Waals surface area contributed by atoms with Crippen LogP contribution in [-0.2, 0) is 4.79 Å². The Bertz CT molecular complexity index is 190. The van der Waals surface area contributed by atoms with Gasteiger partial charge in [-0.1, -0.05) is 6.42 Å². The molecule has 0 unspecified atom stereocenters. The second kappa shape index (κ2) is 3.17. The Morgan fingerprint density at radius 1 is 1.33 bits per heavy atom. The normalized spacial score (nSPS) is 37.9. The quantitative estimate of drug-likeness (QED) is 0.546. The molecule has 12 heavy (non-hydrogen) atoms. The number of Topliss-reactive ketones (excluding diaryl/α,β-unsaturated/α-hetero) is 1. The van der Waals surface area contributed by atoms with Crippen molar-refractivity contribution in [2.45, 2.75) is 51.1 Å². The summed E-state index contributed by atoms with van der Waals surface area (Å²) in [6.07, 6.45) is 5.51. The van der Waals surface area contributed by atoms with E-state index in [-0.39, 0.29) is 0 Å². The summed E-state index contributed by atoms with van der Waals surface area (Å²) in [4.78, 5) is 13.8. The van der Waals surface area contributed by atoms with Gasteiger partial charge in [-0.25, -0.2) is 0 Å². The van der Waals surface area contributed by atoms with Crippen molar-refractivity contribution in [3.63, 3.8) is 0 Å². The minimum absolute atomic E-state index is 0.477. The molecule has 2 heteroatoms. The molecule has 2 saturated heterocycles. The van der Waals surface area contributed by atoms with Crippen LogP contribution in [0.4, 0.5) is 0 Å². The molecular formula is C10H17NO. The molecule has 0 saturated carbocycles. The predicted molar refractivity (Wildman–Crippen MR) is 48.0 cm³/mol. The molecule has 2 nitrogen and oxygen atoms in total. The molecule has 0 bridgehead atoms. The van der Waals surface area contributed by atoms with E-state index < -0.39 is 0 Å². The van der Waals surface area contributed by atoms with Crippen LogP contribution in [0.2, 0.25) is 0 Å². The first-order valence-electron chi connectivity index (χ1n) is 5.05. The van der Waals surface area contributed by atoms with E-state index >= 15 is 0 Å². The molecule has 0 aromatic rings. The van der Waals surface area contributed by atoms with Gasteiger partial charge in [-0.2, -0.15) is 0 Å². The highest BCUT2D eigenvalue weighted by Gasteiger charge is 2.33. The third kappa shape index (κ3) is 1.40. The van der Waals surface area contributed by atoms with E-state index in [1.165, 1.54) is 25.8 Å². The zero-order chi connectivity index (χ0) is 8.55. The summed E-state index contributed by atoms with van der Waals surface area (Å²) in [6, 6.07) is 1.10. The summed E-state index contributed by atoms with van der Waals surface area (Å²) < 4.78 is 0. The Kier molecular flexibility index (Phi) is 2.18. The van der Waals surface area contributed by atoms with Crippen molar-refractivity contribution < 1.29 is 4.79 Å². The third-order valence-electron chi connectivity index (χ3n) is 3.23. The lowest BCUT2D eigenvalue weighted by molar-refractivity contribution is -0.125. The van der Waals surface area contributed by atoms with E-state index in [1.54, 1.807) is 0 Å². The van der Waals surface area contributed by atoms with Gasteiger partial charge >= 0.3 is 0 Å². The molecule has 0 aromatic carbocycles. The van der Waals surface area contributed by atoms with Crippen molar-refractivity contribution in [3.8, 4) is 0 Å². The second-order valence-corrected chi connectivity index (χ2v) is 4.18. The van der Waals surface area contributed by atoms with Crippen LogP contribution in [0.5, 0.6) is 0 Å².